The van der Waals surface area contributed by atoms with Gasteiger partial charge in [0.05, 0.1) is 23.7 Å². The SMILES string of the molecule is O=C(O[C@H]1CCCCC1=O)c1ccc(N2CCOCC2)c([N+](=O)[O-])c1. The van der Waals surface area contributed by atoms with Gasteiger partial charge >= 0.3 is 5.97 Å². The lowest BCUT2D eigenvalue weighted by atomic mass is 9.96. The normalized spacial score (nSPS) is 21.0. The molecule has 3 rings (SSSR count). The summed E-state index contributed by atoms with van der Waals surface area (Å²) in [5.74, 6) is -0.782. The van der Waals surface area contributed by atoms with Crippen LogP contribution in [0.5, 0.6) is 0 Å². The van der Waals surface area contributed by atoms with E-state index in [0.29, 0.717) is 44.8 Å². The second-order valence-electron chi connectivity index (χ2n) is 6.17. The number of nitro groups is 1. The first-order chi connectivity index (χ1) is 12.1. The fourth-order valence-electron chi connectivity index (χ4n) is 3.14. The van der Waals surface area contributed by atoms with Crippen molar-refractivity contribution in [2.24, 2.45) is 0 Å². The highest BCUT2D eigenvalue weighted by Crippen LogP contribution is 2.30. The van der Waals surface area contributed by atoms with Crippen LogP contribution in [-0.4, -0.2) is 49.1 Å². The van der Waals surface area contributed by atoms with E-state index < -0.39 is 17.0 Å². The Bertz CT molecular complexity index is 684. The summed E-state index contributed by atoms with van der Waals surface area (Å²) in [5.41, 5.74) is 0.395. The molecule has 134 valence electrons. The molecular weight excluding hydrogens is 328 g/mol. The predicted molar refractivity (Wildman–Crippen MR) is 88.8 cm³/mol. The molecular formula is C17H20N2O6. The molecule has 0 aromatic heterocycles. The summed E-state index contributed by atoms with van der Waals surface area (Å²) in [4.78, 5) is 36.9. The lowest BCUT2D eigenvalue weighted by Gasteiger charge is -2.28. The third kappa shape index (κ3) is 3.96. The predicted octanol–water partition coefficient (Wildman–Crippen LogP) is 2.10. The summed E-state index contributed by atoms with van der Waals surface area (Å²) < 4.78 is 10.5. The Labute approximate surface area is 144 Å². The summed E-state index contributed by atoms with van der Waals surface area (Å²) in [6, 6.07) is 4.29. The van der Waals surface area contributed by atoms with E-state index in [1.807, 2.05) is 4.90 Å². The minimum atomic E-state index is -0.737. The Balaban J connectivity index is 1.79. The number of rotatable bonds is 4. The van der Waals surface area contributed by atoms with Crippen molar-refractivity contribution in [2.75, 3.05) is 31.2 Å². The number of ketones is 1. The van der Waals surface area contributed by atoms with Gasteiger partial charge in [0, 0.05) is 25.6 Å². The van der Waals surface area contributed by atoms with Crippen LogP contribution in [0.15, 0.2) is 18.2 Å². The maximum absolute atomic E-state index is 12.3. The Morgan fingerprint density at radius 2 is 2.04 bits per heavy atom. The minimum Gasteiger partial charge on any atom is -0.451 e. The number of hydrogen-bond acceptors (Lipinski definition) is 7. The number of hydrogen-bond donors (Lipinski definition) is 0. The van der Waals surface area contributed by atoms with Gasteiger partial charge in [-0.2, -0.15) is 0 Å². The number of ether oxygens (including phenoxy) is 2. The third-order valence-corrected chi connectivity index (χ3v) is 4.51. The van der Waals surface area contributed by atoms with Crippen LogP contribution in [-0.2, 0) is 14.3 Å². The monoisotopic (exact) mass is 348 g/mol. The molecule has 1 atom stereocenters. The summed E-state index contributed by atoms with van der Waals surface area (Å²) in [7, 11) is 0. The number of benzene rings is 1. The smallest absolute Gasteiger partial charge is 0.339 e. The van der Waals surface area contributed by atoms with Crippen LogP contribution in [0, 0.1) is 10.1 Å². The molecule has 0 spiro atoms. The van der Waals surface area contributed by atoms with Crippen molar-refractivity contribution in [2.45, 2.75) is 31.8 Å². The van der Waals surface area contributed by atoms with Crippen molar-refractivity contribution in [3.05, 3.63) is 33.9 Å². The molecule has 0 N–H and O–H groups in total. The maximum atomic E-state index is 12.3. The Morgan fingerprint density at radius 3 is 2.72 bits per heavy atom. The van der Waals surface area contributed by atoms with E-state index in [1.165, 1.54) is 12.1 Å². The number of Topliss-reactive ketones (excluding diaryl/α,β-unsaturated/α-hetero) is 1. The number of esters is 1. The highest BCUT2D eigenvalue weighted by atomic mass is 16.6. The molecule has 1 saturated heterocycles. The number of nitrogens with zero attached hydrogens (tertiary/aromatic N) is 2. The van der Waals surface area contributed by atoms with Crippen LogP contribution < -0.4 is 4.90 Å². The second-order valence-corrected chi connectivity index (χ2v) is 6.17. The minimum absolute atomic E-state index is 0.0842. The average Bonchev–Trinajstić information content (AvgIpc) is 2.63. The van der Waals surface area contributed by atoms with E-state index in [1.54, 1.807) is 6.07 Å². The fourth-order valence-corrected chi connectivity index (χ4v) is 3.14. The lowest BCUT2D eigenvalue weighted by molar-refractivity contribution is -0.384. The van der Waals surface area contributed by atoms with Crippen molar-refractivity contribution < 1.29 is 24.0 Å². The van der Waals surface area contributed by atoms with Gasteiger partial charge in [-0.25, -0.2) is 4.79 Å². The number of carbonyl (C=O) groups is 2. The van der Waals surface area contributed by atoms with Crippen LogP contribution in [0.25, 0.3) is 0 Å². The lowest BCUT2D eigenvalue weighted by Crippen LogP contribution is -2.36. The number of carbonyl (C=O) groups excluding carboxylic acids is 2. The maximum Gasteiger partial charge on any atom is 0.339 e. The van der Waals surface area contributed by atoms with Crippen LogP contribution in [0.4, 0.5) is 11.4 Å². The van der Waals surface area contributed by atoms with Gasteiger partial charge in [0.15, 0.2) is 11.9 Å². The van der Waals surface area contributed by atoms with Crippen molar-refractivity contribution in [3.8, 4) is 0 Å². The topological polar surface area (TPSA) is 99.0 Å². The Hall–Kier alpha value is -2.48. The molecule has 0 amide bonds. The van der Waals surface area contributed by atoms with Crippen LogP contribution >= 0.6 is 0 Å². The zero-order valence-electron chi connectivity index (χ0n) is 13.8. The van der Waals surface area contributed by atoms with Crippen molar-refractivity contribution >= 4 is 23.1 Å². The van der Waals surface area contributed by atoms with E-state index in [4.69, 9.17) is 9.47 Å². The van der Waals surface area contributed by atoms with Gasteiger partial charge in [-0.05, 0) is 31.4 Å². The first-order valence-corrected chi connectivity index (χ1v) is 8.41. The molecule has 1 aliphatic carbocycles. The van der Waals surface area contributed by atoms with E-state index in [-0.39, 0.29) is 17.0 Å². The molecule has 1 aromatic carbocycles. The van der Waals surface area contributed by atoms with Crippen LogP contribution in [0.3, 0.4) is 0 Å². The molecule has 1 aromatic rings. The third-order valence-electron chi connectivity index (χ3n) is 4.51. The van der Waals surface area contributed by atoms with Gasteiger partial charge in [0.25, 0.3) is 5.69 Å². The summed E-state index contributed by atoms with van der Waals surface area (Å²) in [5, 5.41) is 11.4. The molecule has 8 nitrogen and oxygen atoms in total. The first kappa shape index (κ1) is 17.3. The van der Waals surface area contributed by atoms with Gasteiger partial charge in [0.1, 0.15) is 5.69 Å². The molecule has 0 bridgehead atoms. The molecule has 2 aliphatic rings. The van der Waals surface area contributed by atoms with Crippen molar-refractivity contribution in [1.82, 2.24) is 0 Å². The van der Waals surface area contributed by atoms with Crippen molar-refractivity contribution in [1.29, 1.82) is 0 Å². The van der Waals surface area contributed by atoms with Crippen LogP contribution in [0.1, 0.15) is 36.0 Å². The average molecular weight is 348 g/mol. The summed E-state index contributed by atoms with van der Waals surface area (Å²) in [6.45, 7) is 2.12. The first-order valence-electron chi connectivity index (χ1n) is 8.41. The fraction of sp³-hybridized carbons (Fsp3) is 0.529. The standard InChI is InChI=1S/C17H20N2O6/c20-15-3-1-2-4-16(15)25-17(21)12-5-6-13(14(11-12)19(22)23)18-7-9-24-10-8-18/h5-6,11,16H,1-4,7-10H2/t16-/m0/s1. The van der Waals surface area contributed by atoms with Gasteiger partial charge in [0.2, 0.25) is 0 Å². The van der Waals surface area contributed by atoms with Gasteiger partial charge in [-0.15, -0.1) is 0 Å². The molecule has 1 heterocycles. The largest absolute Gasteiger partial charge is 0.451 e. The Morgan fingerprint density at radius 1 is 1.28 bits per heavy atom. The quantitative estimate of drug-likeness (QED) is 0.467. The highest BCUT2D eigenvalue weighted by molar-refractivity contribution is 5.94. The zero-order valence-corrected chi connectivity index (χ0v) is 13.8. The molecule has 1 aliphatic heterocycles. The van der Waals surface area contributed by atoms with Gasteiger partial charge in [-0.3, -0.25) is 14.9 Å². The van der Waals surface area contributed by atoms with E-state index >= 15 is 0 Å². The van der Waals surface area contributed by atoms with Crippen molar-refractivity contribution in [3.63, 3.8) is 0 Å². The molecule has 25 heavy (non-hydrogen) atoms. The van der Waals surface area contributed by atoms with Gasteiger partial charge < -0.3 is 14.4 Å². The zero-order chi connectivity index (χ0) is 17.8. The molecule has 0 unspecified atom stereocenters. The van der Waals surface area contributed by atoms with Crippen LogP contribution in [0.2, 0.25) is 0 Å². The summed E-state index contributed by atoms with van der Waals surface area (Å²) >= 11 is 0. The highest BCUT2D eigenvalue weighted by Gasteiger charge is 2.28. The number of morpholine rings is 1. The number of anilines is 1. The second kappa shape index (κ2) is 7.60. The molecule has 2 fully saturated rings. The van der Waals surface area contributed by atoms with E-state index in [0.717, 1.165) is 12.8 Å². The summed E-state index contributed by atoms with van der Waals surface area (Å²) in [6.07, 6.45) is 1.83. The molecule has 0 radical (unpaired) electrons. The van der Waals surface area contributed by atoms with E-state index in [2.05, 4.69) is 0 Å². The Kier molecular flexibility index (Phi) is 5.28. The van der Waals surface area contributed by atoms with Gasteiger partial charge in [-0.1, -0.05) is 0 Å². The van der Waals surface area contributed by atoms with E-state index in [9.17, 15) is 19.7 Å². The number of nitro benzene ring substituents is 1. The molecule has 8 heteroatoms. The molecule has 1 saturated carbocycles.